The first-order valence-electron chi connectivity index (χ1n) is 9.23. The molecule has 29 heavy (non-hydrogen) atoms. The second kappa shape index (κ2) is 9.06. The molecule has 0 aromatic heterocycles. The number of carbonyl (C=O) groups is 1. The van der Waals surface area contributed by atoms with E-state index in [4.69, 9.17) is 4.74 Å². The van der Waals surface area contributed by atoms with Gasteiger partial charge in [-0.3, -0.25) is 4.79 Å². The van der Waals surface area contributed by atoms with Crippen molar-refractivity contribution < 1.29 is 23.1 Å². The van der Waals surface area contributed by atoms with Gasteiger partial charge in [0, 0.05) is 24.2 Å². The molecule has 2 N–H and O–H groups in total. The van der Waals surface area contributed by atoms with Crippen LogP contribution < -0.4 is 10.2 Å². The quantitative estimate of drug-likeness (QED) is 0.554. The van der Waals surface area contributed by atoms with Crippen molar-refractivity contribution in [3.8, 4) is 11.5 Å². The number of aromatic hydroxyl groups is 1. The molecule has 2 aromatic rings. The molecule has 2 aromatic carbocycles. The molecule has 0 radical (unpaired) electrons. The Labute approximate surface area is 169 Å². The van der Waals surface area contributed by atoms with E-state index >= 15 is 0 Å². The Morgan fingerprint density at radius 2 is 1.90 bits per heavy atom. The third-order valence-corrected chi connectivity index (χ3v) is 6.56. The predicted octanol–water partition coefficient (Wildman–Crippen LogP) is 2.34. The maximum atomic E-state index is 12.8. The average Bonchev–Trinajstić information content (AvgIpc) is 2.75. The number of piperidine rings is 1. The summed E-state index contributed by atoms with van der Waals surface area (Å²) in [5.74, 6) is -0.363. The monoisotopic (exact) mass is 417 g/mol. The second-order valence-corrected chi connectivity index (χ2v) is 8.53. The molecule has 1 saturated heterocycles. The zero-order chi connectivity index (χ0) is 20.9. The van der Waals surface area contributed by atoms with Crippen molar-refractivity contribution in [2.45, 2.75) is 24.2 Å². The molecular formula is C20H23N3O5S. The highest BCUT2D eigenvalue weighted by atomic mass is 32.2. The maximum absolute atomic E-state index is 12.8. The van der Waals surface area contributed by atoms with Crippen molar-refractivity contribution in [2.24, 2.45) is 5.10 Å². The summed E-state index contributed by atoms with van der Waals surface area (Å²) < 4.78 is 32.0. The van der Waals surface area contributed by atoms with E-state index in [1.165, 1.54) is 41.9 Å². The Morgan fingerprint density at radius 3 is 2.62 bits per heavy atom. The van der Waals surface area contributed by atoms with Gasteiger partial charge in [0.25, 0.3) is 5.91 Å². The molecule has 0 aliphatic carbocycles. The van der Waals surface area contributed by atoms with Crippen LogP contribution in [-0.2, 0) is 10.0 Å². The van der Waals surface area contributed by atoms with Crippen molar-refractivity contribution in [1.29, 1.82) is 0 Å². The van der Waals surface area contributed by atoms with Gasteiger partial charge in [0.2, 0.25) is 10.0 Å². The topological polar surface area (TPSA) is 108 Å². The molecule has 0 atom stereocenters. The summed E-state index contributed by atoms with van der Waals surface area (Å²) in [7, 11) is -2.19. The van der Waals surface area contributed by atoms with E-state index in [0.717, 1.165) is 19.3 Å². The van der Waals surface area contributed by atoms with Gasteiger partial charge in [0.1, 0.15) is 0 Å². The van der Waals surface area contributed by atoms with Crippen LogP contribution in [0.3, 0.4) is 0 Å². The Morgan fingerprint density at radius 1 is 1.17 bits per heavy atom. The highest BCUT2D eigenvalue weighted by Crippen LogP contribution is 2.28. The molecule has 0 unspecified atom stereocenters. The number of benzene rings is 2. The number of carbonyl (C=O) groups excluding carboxylic acids is 1. The number of nitrogens with one attached hydrogen (secondary N) is 1. The number of hydrazone groups is 1. The van der Waals surface area contributed by atoms with Gasteiger partial charge in [-0.2, -0.15) is 9.41 Å². The van der Waals surface area contributed by atoms with Gasteiger partial charge in [-0.1, -0.05) is 18.6 Å². The van der Waals surface area contributed by atoms with Crippen LogP contribution in [0.15, 0.2) is 52.5 Å². The molecule has 0 bridgehead atoms. The fourth-order valence-electron chi connectivity index (χ4n) is 3.09. The van der Waals surface area contributed by atoms with E-state index < -0.39 is 15.9 Å². The molecule has 1 heterocycles. The number of phenols is 1. The SMILES string of the molecule is COc1cccc(/C=N/NC(=O)c2cccc(S(=O)(=O)N3CCCCC3)c2)c1O. The summed E-state index contributed by atoms with van der Waals surface area (Å²) in [4.78, 5) is 12.5. The van der Waals surface area contributed by atoms with Gasteiger partial charge in [-0.05, 0) is 43.2 Å². The van der Waals surface area contributed by atoms with Crippen LogP contribution in [-0.4, -0.2) is 50.2 Å². The molecular weight excluding hydrogens is 394 g/mol. The maximum Gasteiger partial charge on any atom is 0.271 e. The van der Waals surface area contributed by atoms with Crippen molar-refractivity contribution in [2.75, 3.05) is 20.2 Å². The Bertz CT molecular complexity index is 1010. The number of hydrogen-bond acceptors (Lipinski definition) is 6. The number of para-hydroxylation sites is 1. The van der Waals surface area contributed by atoms with Crippen LogP contribution in [0.5, 0.6) is 11.5 Å². The fraction of sp³-hybridized carbons (Fsp3) is 0.300. The number of methoxy groups -OCH3 is 1. The molecule has 0 spiro atoms. The number of amides is 1. The zero-order valence-corrected chi connectivity index (χ0v) is 16.9. The molecule has 1 aliphatic heterocycles. The van der Waals surface area contributed by atoms with Crippen LogP contribution in [0.2, 0.25) is 0 Å². The molecule has 1 fully saturated rings. The summed E-state index contributed by atoms with van der Waals surface area (Å²) in [6, 6.07) is 10.8. The van der Waals surface area contributed by atoms with Gasteiger partial charge < -0.3 is 9.84 Å². The van der Waals surface area contributed by atoms with E-state index in [9.17, 15) is 18.3 Å². The first kappa shape index (κ1) is 20.8. The minimum Gasteiger partial charge on any atom is -0.504 e. The summed E-state index contributed by atoms with van der Waals surface area (Å²) in [6.07, 6.45) is 3.98. The number of hydrogen-bond donors (Lipinski definition) is 2. The van der Waals surface area contributed by atoms with Crippen molar-refractivity contribution in [3.05, 3.63) is 53.6 Å². The average molecular weight is 417 g/mol. The molecule has 8 nitrogen and oxygen atoms in total. The molecule has 0 saturated carbocycles. The van der Waals surface area contributed by atoms with E-state index in [1.54, 1.807) is 18.2 Å². The highest BCUT2D eigenvalue weighted by Gasteiger charge is 2.26. The normalized spacial score (nSPS) is 15.3. The summed E-state index contributed by atoms with van der Waals surface area (Å²) >= 11 is 0. The molecule has 1 amide bonds. The lowest BCUT2D eigenvalue weighted by atomic mass is 10.2. The molecule has 9 heteroatoms. The largest absolute Gasteiger partial charge is 0.504 e. The third-order valence-electron chi connectivity index (χ3n) is 4.67. The standard InChI is InChI=1S/C20H23N3O5S/c1-28-18-10-6-8-16(19(18)24)14-21-22-20(25)15-7-5-9-17(13-15)29(26,27)23-11-3-2-4-12-23/h5-10,13-14,24H,2-4,11-12H2,1H3,(H,22,25)/b21-14+. The van der Waals surface area contributed by atoms with Gasteiger partial charge >= 0.3 is 0 Å². The van der Waals surface area contributed by atoms with Gasteiger partial charge in [0.05, 0.1) is 18.2 Å². The van der Waals surface area contributed by atoms with Crippen molar-refractivity contribution in [3.63, 3.8) is 0 Å². The number of rotatable bonds is 6. The van der Waals surface area contributed by atoms with Gasteiger partial charge in [0.15, 0.2) is 11.5 Å². The summed E-state index contributed by atoms with van der Waals surface area (Å²) in [5, 5.41) is 13.9. The first-order chi connectivity index (χ1) is 13.9. The van der Waals surface area contributed by atoms with E-state index in [0.29, 0.717) is 18.7 Å². The van der Waals surface area contributed by atoms with E-state index in [1.807, 2.05) is 0 Å². The highest BCUT2D eigenvalue weighted by molar-refractivity contribution is 7.89. The number of ether oxygens (including phenoxy) is 1. The van der Waals surface area contributed by atoms with Crippen molar-refractivity contribution >= 4 is 22.1 Å². The lowest BCUT2D eigenvalue weighted by Crippen LogP contribution is -2.35. The van der Waals surface area contributed by atoms with E-state index in [-0.39, 0.29) is 22.0 Å². The van der Waals surface area contributed by atoms with Crippen LogP contribution >= 0.6 is 0 Å². The summed E-state index contributed by atoms with van der Waals surface area (Å²) in [5.41, 5.74) is 2.88. The third kappa shape index (κ3) is 4.75. The van der Waals surface area contributed by atoms with E-state index in [2.05, 4.69) is 10.5 Å². The van der Waals surface area contributed by atoms with Crippen LogP contribution in [0.4, 0.5) is 0 Å². The Kier molecular flexibility index (Phi) is 6.50. The number of phenolic OH excluding ortho intramolecular Hbond substituents is 1. The minimum absolute atomic E-state index is 0.0847. The zero-order valence-electron chi connectivity index (χ0n) is 16.0. The Hall–Kier alpha value is -2.91. The first-order valence-corrected chi connectivity index (χ1v) is 10.7. The van der Waals surface area contributed by atoms with Gasteiger partial charge in [-0.25, -0.2) is 13.8 Å². The number of sulfonamides is 1. The summed E-state index contributed by atoms with van der Waals surface area (Å²) in [6.45, 7) is 0.986. The molecule has 3 rings (SSSR count). The lowest BCUT2D eigenvalue weighted by Gasteiger charge is -2.25. The van der Waals surface area contributed by atoms with Crippen molar-refractivity contribution in [1.82, 2.24) is 9.73 Å². The van der Waals surface area contributed by atoms with Gasteiger partial charge in [-0.15, -0.1) is 0 Å². The molecule has 154 valence electrons. The Balaban J connectivity index is 1.73. The van der Waals surface area contributed by atoms with Crippen LogP contribution in [0.25, 0.3) is 0 Å². The number of nitrogens with zero attached hydrogens (tertiary/aromatic N) is 2. The minimum atomic E-state index is -3.63. The molecule has 1 aliphatic rings. The van der Waals surface area contributed by atoms with Crippen LogP contribution in [0, 0.1) is 0 Å². The fourth-order valence-corrected chi connectivity index (χ4v) is 4.65. The predicted molar refractivity (Wildman–Crippen MR) is 109 cm³/mol. The lowest BCUT2D eigenvalue weighted by molar-refractivity contribution is 0.0955. The van der Waals surface area contributed by atoms with Crippen LogP contribution in [0.1, 0.15) is 35.2 Å². The smallest absolute Gasteiger partial charge is 0.271 e. The second-order valence-electron chi connectivity index (χ2n) is 6.59.